The lowest BCUT2D eigenvalue weighted by atomic mass is 10.0. The average Bonchev–Trinajstić information content (AvgIpc) is 2.47. The van der Waals surface area contributed by atoms with E-state index in [1.54, 1.807) is 13.8 Å². The first-order valence-corrected chi connectivity index (χ1v) is 7.96. The molecule has 0 radical (unpaired) electrons. The maximum atomic E-state index is 12.3. The number of amides is 3. The van der Waals surface area contributed by atoms with Gasteiger partial charge < -0.3 is 31.9 Å². The summed E-state index contributed by atoms with van der Waals surface area (Å²) in [4.78, 5) is 47.0. The Hall–Kier alpha value is -2.20. The number of hydrogen-bond acceptors (Lipinski definition) is 6. The molecule has 0 unspecified atom stereocenters. The van der Waals surface area contributed by atoms with Gasteiger partial charge in [0.05, 0.1) is 12.1 Å². The van der Waals surface area contributed by atoms with Crippen molar-refractivity contribution in [1.82, 2.24) is 16.0 Å². The molecule has 7 N–H and O–H groups in total. The van der Waals surface area contributed by atoms with Crippen molar-refractivity contribution in [1.29, 1.82) is 0 Å². The fourth-order valence-corrected chi connectivity index (χ4v) is 1.86. The fraction of sp³-hybridized carbons (Fsp3) is 0.733. The van der Waals surface area contributed by atoms with Crippen LogP contribution in [0.1, 0.15) is 34.6 Å². The summed E-state index contributed by atoms with van der Waals surface area (Å²) in [5.74, 6) is -3.54. The third-order valence-corrected chi connectivity index (χ3v) is 3.46. The van der Waals surface area contributed by atoms with Crippen molar-refractivity contribution in [2.75, 3.05) is 0 Å². The van der Waals surface area contributed by atoms with Gasteiger partial charge in [0.25, 0.3) is 0 Å². The number of carbonyl (C=O) groups is 4. The van der Waals surface area contributed by atoms with Gasteiger partial charge in [0.2, 0.25) is 17.7 Å². The second-order valence-electron chi connectivity index (χ2n) is 6.31. The Bertz CT molecular complexity index is 506. The number of aliphatic hydroxyl groups is 1. The molecular formula is C15H28N4O6. The van der Waals surface area contributed by atoms with E-state index in [1.165, 1.54) is 20.8 Å². The molecule has 0 heterocycles. The van der Waals surface area contributed by atoms with Gasteiger partial charge in [-0.3, -0.25) is 14.4 Å². The van der Waals surface area contributed by atoms with E-state index in [1.807, 2.05) is 0 Å². The summed E-state index contributed by atoms with van der Waals surface area (Å²) in [6.07, 6.45) is -1.31. The lowest BCUT2D eigenvalue weighted by Crippen LogP contribution is -2.58. The summed E-state index contributed by atoms with van der Waals surface area (Å²) in [5, 5.41) is 25.4. The van der Waals surface area contributed by atoms with E-state index in [4.69, 9.17) is 10.8 Å². The highest BCUT2D eigenvalue weighted by atomic mass is 16.4. The summed E-state index contributed by atoms with van der Waals surface area (Å²) < 4.78 is 0. The molecule has 3 amide bonds. The molecule has 0 spiro atoms. The second-order valence-corrected chi connectivity index (χ2v) is 6.31. The Morgan fingerprint density at radius 2 is 1.28 bits per heavy atom. The van der Waals surface area contributed by atoms with Crippen LogP contribution in [0.5, 0.6) is 0 Å². The SMILES string of the molecule is CC(C)[C@H](NC(=O)[C@H](C)N)C(=O)N[C@@H](C)C(=O)N[C@H](C(=O)O)[C@@H](C)O. The minimum absolute atomic E-state index is 0.262. The van der Waals surface area contributed by atoms with Gasteiger partial charge >= 0.3 is 5.97 Å². The molecule has 0 saturated carbocycles. The highest BCUT2D eigenvalue weighted by molar-refractivity contribution is 5.94. The highest BCUT2D eigenvalue weighted by Gasteiger charge is 2.30. The van der Waals surface area contributed by atoms with Gasteiger partial charge in [-0.05, 0) is 26.7 Å². The number of aliphatic carboxylic acids is 1. The van der Waals surface area contributed by atoms with E-state index in [2.05, 4.69) is 16.0 Å². The quantitative estimate of drug-likeness (QED) is 0.274. The molecular weight excluding hydrogens is 332 g/mol. The Balaban J connectivity index is 4.91. The van der Waals surface area contributed by atoms with Crippen LogP contribution in [0.2, 0.25) is 0 Å². The molecule has 144 valence electrons. The van der Waals surface area contributed by atoms with Crippen LogP contribution in [-0.2, 0) is 19.2 Å². The Morgan fingerprint density at radius 1 is 0.800 bits per heavy atom. The maximum Gasteiger partial charge on any atom is 0.328 e. The van der Waals surface area contributed by atoms with Crippen molar-refractivity contribution in [2.24, 2.45) is 11.7 Å². The van der Waals surface area contributed by atoms with E-state index in [9.17, 15) is 24.3 Å². The molecule has 0 aliphatic rings. The van der Waals surface area contributed by atoms with Gasteiger partial charge in [-0.1, -0.05) is 13.8 Å². The van der Waals surface area contributed by atoms with Crippen molar-refractivity contribution in [3.05, 3.63) is 0 Å². The fourth-order valence-electron chi connectivity index (χ4n) is 1.86. The first-order chi connectivity index (χ1) is 11.4. The van der Waals surface area contributed by atoms with E-state index in [0.29, 0.717) is 0 Å². The van der Waals surface area contributed by atoms with E-state index in [-0.39, 0.29) is 5.92 Å². The molecule has 0 aliphatic heterocycles. The summed E-state index contributed by atoms with van der Waals surface area (Å²) in [6.45, 7) is 7.48. The third-order valence-electron chi connectivity index (χ3n) is 3.46. The van der Waals surface area contributed by atoms with Gasteiger partial charge in [-0.25, -0.2) is 4.79 Å². The van der Waals surface area contributed by atoms with Crippen LogP contribution in [0.3, 0.4) is 0 Å². The van der Waals surface area contributed by atoms with Gasteiger partial charge in [0, 0.05) is 0 Å². The molecule has 10 heteroatoms. The molecule has 0 saturated heterocycles. The number of hydrogen-bond donors (Lipinski definition) is 6. The minimum Gasteiger partial charge on any atom is -0.480 e. The normalized spacial score (nSPS) is 17.0. The summed E-state index contributed by atoms with van der Waals surface area (Å²) in [7, 11) is 0. The van der Waals surface area contributed by atoms with Crippen LogP contribution in [0.4, 0.5) is 0 Å². The number of aliphatic hydroxyl groups excluding tert-OH is 1. The number of nitrogens with two attached hydrogens (primary N) is 1. The first kappa shape index (κ1) is 22.8. The zero-order chi connectivity index (χ0) is 19.9. The molecule has 5 atom stereocenters. The van der Waals surface area contributed by atoms with Gasteiger partial charge in [0.15, 0.2) is 6.04 Å². The molecule has 0 bridgehead atoms. The summed E-state index contributed by atoms with van der Waals surface area (Å²) in [6, 6.07) is -4.26. The molecule has 25 heavy (non-hydrogen) atoms. The van der Waals surface area contributed by atoms with E-state index in [0.717, 1.165) is 0 Å². The molecule has 0 fully saturated rings. The first-order valence-electron chi connectivity index (χ1n) is 7.96. The average molecular weight is 360 g/mol. The van der Waals surface area contributed by atoms with Crippen LogP contribution >= 0.6 is 0 Å². The highest BCUT2D eigenvalue weighted by Crippen LogP contribution is 2.03. The predicted molar refractivity (Wildman–Crippen MR) is 89.3 cm³/mol. The lowest BCUT2D eigenvalue weighted by molar-refractivity contribution is -0.145. The molecule has 0 aromatic carbocycles. The van der Waals surface area contributed by atoms with Crippen LogP contribution in [-0.4, -0.2) is 64.2 Å². The van der Waals surface area contributed by atoms with Gasteiger partial charge in [-0.2, -0.15) is 0 Å². The van der Waals surface area contributed by atoms with Gasteiger partial charge in [-0.15, -0.1) is 0 Å². The Kier molecular flexibility index (Phi) is 9.07. The van der Waals surface area contributed by atoms with Crippen LogP contribution in [0.25, 0.3) is 0 Å². The van der Waals surface area contributed by atoms with Gasteiger partial charge in [0.1, 0.15) is 12.1 Å². The molecule has 0 aromatic heterocycles. The number of carboxylic acids is 1. The zero-order valence-electron chi connectivity index (χ0n) is 15.1. The molecule has 0 aliphatic carbocycles. The Labute approximate surface area is 146 Å². The van der Waals surface area contributed by atoms with Crippen molar-refractivity contribution in [3.8, 4) is 0 Å². The third kappa shape index (κ3) is 7.48. The standard InChI is InChI=1S/C15H28N4O6/c1-6(2)10(18-12(21)7(3)16)14(23)17-8(4)13(22)19-11(9(5)20)15(24)25/h6-11,20H,16H2,1-5H3,(H,17,23)(H,18,21)(H,19,22)(H,24,25)/t7-,8-,9+,10-,11-/m0/s1. The monoisotopic (exact) mass is 360 g/mol. The summed E-state index contributed by atoms with van der Waals surface area (Å²) >= 11 is 0. The van der Waals surface area contributed by atoms with E-state index >= 15 is 0 Å². The minimum atomic E-state index is -1.49. The zero-order valence-corrected chi connectivity index (χ0v) is 15.1. The largest absolute Gasteiger partial charge is 0.480 e. The van der Waals surface area contributed by atoms with Crippen molar-refractivity contribution < 1.29 is 29.4 Å². The molecule has 10 nitrogen and oxygen atoms in total. The summed E-state index contributed by atoms with van der Waals surface area (Å²) in [5.41, 5.74) is 5.46. The van der Waals surface area contributed by atoms with Crippen molar-refractivity contribution in [3.63, 3.8) is 0 Å². The van der Waals surface area contributed by atoms with E-state index < -0.39 is 54.0 Å². The van der Waals surface area contributed by atoms with Crippen molar-refractivity contribution >= 4 is 23.7 Å². The van der Waals surface area contributed by atoms with Crippen LogP contribution in [0.15, 0.2) is 0 Å². The number of rotatable bonds is 9. The number of carboxylic acid groups (broad SMARTS) is 1. The second kappa shape index (κ2) is 9.94. The molecule has 0 aromatic rings. The smallest absolute Gasteiger partial charge is 0.328 e. The number of carbonyl (C=O) groups excluding carboxylic acids is 3. The predicted octanol–water partition coefficient (Wildman–Crippen LogP) is -2.07. The lowest BCUT2D eigenvalue weighted by Gasteiger charge is -2.25. The maximum absolute atomic E-state index is 12.3. The molecule has 0 rings (SSSR count). The van der Waals surface area contributed by atoms with Crippen molar-refractivity contribution in [2.45, 2.75) is 64.9 Å². The van der Waals surface area contributed by atoms with Crippen LogP contribution < -0.4 is 21.7 Å². The topological polar surface area (TPSA) is 171 Å². The Morgan fingerprint density at radius 3 is 1.64 bits per heavy atom. The number of nitrogens with one attached hydrogen (secondary N) is 3. The van der Waals surface area contributed by atoms with Crippen LogP contribution in [0, 0.1) is 5.92 Å².